The number of nitrogens with zero attached hydrogens (tertiary/aromatic N) is 1. The van der Waals surface area contributed by atoms with Gasteiger partial charge in [-0.15, -0.1) is 0 Å². The number of aliphatic carboxylic acids is 1. The van der Waals surface area contributed by atoms with Crippen molar-refractivity contribution in [1.82, 2.24) is 4.57 Å². The fourth-order valence-electron chi connectivity index (χ4n) is 2.45. The highest BCUT2D eigenvalue weighted by Gasteiger charge is 2.11. The van der Waals surface area contributed by atoms with Crippen molar-refractivity contribution in [2.24, 2.45) is 0 Å². The fourth-order valence-corrected chi connectivity index (χ4v) is 2.45. The normalized spacial score (nSPS) is 10.6. The summed E-state index contributed by atoms with van der Waals surface area (Å²) in [5.41, 5.74) is 2.38. The lowest BCUT2D eigenvalue weighted by Gasteiger charge is -2.14. The molecule has 0 bridgehead atoms. The second-order valence-electron chi connectivity index (χ2n) is 5.31. The molecule has 0 saturated heterocycles. The number of carbonyl (C=O) groups is 1. The molecule has 2 aromatic rings. The van der Waals surface area contributed by atoms with E-state index in [1.165, 1.54) is 0 Å². The fraction of sp³-hybridized carbons (Fsp3) is 0.333. The van der Waals surface area contributed by atoms with Crippen molar-refractivity contribution in [2.45, 2.75) is 39.2 Å². The van der Waals surface area contributed by atoms with Crippen LogP contribution >= 0.6 is 0 Å². The number of pyridine rings is 1. The molecule has 4 nitrogen and oxygen atoms in total. The van der Waals surface area contributed by atoms with Gasteiger partial charge in [0.2, 0.25) is 0 Å². The molecule has 1 N–H and O–H groups in total. The van der Waals surface area contributed by atoms with E-state index in [2.05, 4.69) is 6.92 Å². The molecule has 0 unspecified atom stereocenters. The van der Waals surface area contributed by atoms with Crippen LogP contribution in [-0.4, -0.2) is 15.6 Å². The molecule has 0 atom stereocenters. The SMILES string of the molecule is CCCCn1c(-c2ccccc2)ccc(CCC(=O)O)c1=O. The van der Waals surface area contributed by atoms with Gasteiger partial charge in [-0.1, -0.05) is 49.7 Å². The molecule has 2 rings (SSSR count). The van der Waals surface area contributed by atoms with Crippen molar-refractivity contribution < 1.29 is 9.90 Å². The number of aromatic nitrogens is 1. The average molecular weight is 299 g/mol. The zero-order valence-electron chi connectivity index (χ0n) is 12.8. The van der Waals surface area contributed by atoms with E-state index in [1.54, 1.807) is 10.6 Å². The van der Waals surface area contributed by atoms with Gasteiger partial charge in [0.15, 0.2) is 0 Å². The van der Waals surface area contributed by atoms with Crippen molar-refractivity contribution in [3.63, 3.8) is 0 Å². The first-order chi connectivity index (χ1) is 10.6. The van der Waals surface area contributed by atoms with Crippen molar-refractivity contribution in [2.75, 3.05) is 0 Å². The van der Waals surface area contributed by atoms with E-state index < -0.39 is 5.97 Å². The lowest BCUT2D eigenvalue weighted by molar-refractivity contribution is -0.136. The number of carboxylic acid groups (broad SMARTS) is 1. The highest BCUT2D eigenvalue weighted by molar-refractivity contribution is 5.67. The molecular formula is C18H21NO3. The minimum absolute atomic E-state index is 0.0201. The number of hydrogen-bond acceptors (Lipinski definition) is 2. The molecule has 0 saturated carbocycles. The summed E-state index contributed by atoms with van der Waals surface area (Å²) in [6, 6.07) is 13.5. The van der Waals surface area contributed by atoms with Gasteiger partial charge in [-0.25, -0.2) is 0 Å². The van der Waals surface area contributed by atoms with Gasteiger partial charge in [0.1, 0.15) is 0 Å². The molecule has 0 fully saturated rings. The van der Waals surface area contributed by atoms with E-state index >= 15 is 0 Å². The zero-order chi connectivity index (χ0) is 15.9. The summed E-state index contributed by atoms with van der Waals surface area (Å²) in [4.78, 5) is 23.4. The van der Waals surface area contributed by atoms with Crippen LogP contribution in [-0.2, 0) is 17.8 Å². The Morgan fingerprint density at radius 1 is 1.14 bits per heavy atom. The third-order valence-electron chi connectivity index (χ3n) is 3.67. The largest absolute Gasteiger partial charge is 0.481 e. The number of carboxylic acids is 1. The summed E-state index contributed by atoms with van der Waals surface area (Å²) in [6.45, 7) is 2.74. The number of rotatable bonds is 7. The van der Waals surface area contributed by atoms with Gasteiger partial charge in [-0.3, -0.25) is 9.59 Å². The summed E-state index contributed by atoms with van der Waals surface area (Å²) in [5, 5.41) is 8.80. The summed E-state index contributed by atoms with van der Waals surface area (Å²) < 4.78 is 1.77. The van der Waals surface area contributed by atoms with E-state index in [4.69, 9.17) is 5.11 Å². The zero-order valence-corrected chi connectivity index (χ0v) is 12.8. The maximum absolute atomic E-state index is 12.7. The van der Waals surface area contributed by atoms with Gasteiger partial charge in [0.25, 0.3) is 5.56 Å². The molecule has 0 aliphatic rings. The van der Waals surface area contributed by atoms with Crippen LogP contribution in [0.15, 0.2) is 47.3 Å². The molecule has 22 heavy (non-hydrogen) atoms. The Morgan fingerprint density at radius 2 is 1.86 bits per heavy atom. The number of unbranched alkanes of at least 4 members (excludes halogenated alkanes) is 1. The lowest BCUT2D eigenvalue weighted by Crippen LogP contribution is -2.25. The van der Waals surface area contributed by atoms with Crippen LogP contribution in [0.2, 0.25) is 0 Å². The van der Waals surface area contributed by atoms with E-state index in [0.29, 0.717) is 12.1 Å². The van der Waals surface area contributed by atoms with Crippen LogP contribution in [0.5, 0.6) is 0 Å². The third-order valence-corrected chi connectivity index (χ3v) is 3.67. The third kappa shape index (κ3) is 3.85. The number of hydrogen-bond donors (Lipinski definition) is 1. The molecule has 1 heterocycles. The first-order valence-electron chi connectivity index (χ1n) is 7.63. The predicted octanol–water partition coefficient (Wildman–Crippen LogP) is 3.33. The average Bonchev–Trinajstić information content (AvgIpc) is 2.53. The maximum Gasteiger partial charge on any atom is 0.303 e. The van der Waals surface area contributed by atoms with Crippen LogP contribution in [0.4, 0.5) is 0 Å². The molecule has 0 radical (unpaired) electrons. The van der Waals surface area contributed by atoms with Crippen molar-refractivity contribution in [3.05, 3.63) is 58.4 Å². The minimum atomic E-state index is -0.883. The Hall–Kier alpha value is -2.36. The van der Waals surface area contributed by atoms with E-state index in [9.17, 15) is 9.59 Å². The Bertz CT molecular complexity index is 689. The van der Waals surface area contributed by atoms with Crippen molar-refractivity contribution in [1.29, 1.82) is 0 Å². The predicted molar refractivity (Wildman–Crippen MR) is 87.0 cm³/mol. The second kappa shape index (κ2) is 7.59. The Labute approximate surface area is 130 Å². The Balaban J connectivity index is 2.44. The van der Waals surface area contributed by atoms with Crippen LogP contribution in [0.3, 0.4) is 0 Å². The van der Waals surface area contributed by atoms with Gasteiger partial charge in [0.05, 0.1) is 5.69 Å². The van der Waals surface area contributed by atoms with Gasteiger partial charge < -0.3 is 9.67 Å². The van der Waals surface area contributed by atoms with E-state index in [-0.39, 0.29) is 18.4 Å². The molecule has 4 heteroatoms. The Morgan fingerprint density at radius 3 is 2.50 bits per heavy atom. The Kier molecular flexibility index (Phi) is 5.53. The van der Waals surface area contributed by atoms with Crippen LogP contribution in [0, 0.1) is 0 Å². The van der Waals surface area contributed by atoms with Crippen LogP contribution in [0.1, 0.15) is 31.7 Å². The van der Waals surface area contributed by atoms with E-state index in [1.807, 2.05) is 36.4 Å². The monoisotopic (exact) mass is 299 g/mol. The molecule has 1 aromatic carbocycles. The van der Waals surface area contributed by atoms with Gasteiger partial charge in [-0.2, -0.15) is 0 Å². The molecular weight excluding hydrogens is 278 g/mol. The summed E-state index contributed by atoms with van der Waals surface area (Å²) in [7, 11) is 0. The molecule has 0 aliphatic heterocycles. The minimum Gasteiger partial charge on any atom is -0.481 e. The molecule has 0 spiro atoms. The van der Waals surface area contributed by atoms with E-state index in [0.717, 1.165) is 24.1 Å². The van der Waals surface area contributed by atoms with Gasteiger partial charge >= 0.3 is 5.97 Å². The van der Waals surface area contributed by atoms with Crippen LogP contribution in [0.25, 0.3) is 11.3 Å². The summed E-state index contributed by atoms with van der Waals surface area (Å²) >= 11 is 0. The lowest BCUT2D eigenvalue weighted by atomic mass is 10.1. The van der Waals surface area contributed by atoms with Crippen LogP contribution < -0.4 is 5.56 Å². The number of benzene rings is 1. The van der Waals surface area contributed by atoms with Crippen molar-refractivity contribution in [3.8, 4) is 11.3 Å². The maximum atomic E-state index is 12.7. The van der Waals surface area contributed by atoms with Gasteiger partial charge in [0, 0.05) is 18.5 Å². The second-order valence-corrected chi connectivity index (χ2v) is 5.31. The first-order valence-corrected chi connectivity index (χ1v) is 7.63. The molecule has 1 aromatic heterocycles. The standard InChI is InChI=1S/C18H21NO3/c1-2-3-13-19-16(14-7-5-4-6-8-14)11-9-15(18(19)22)10-12-17(20)21/h4-9,11H,2-3,10,12-13H2,1H3,(H,20,21). The summed E-state index contributed by atoms with van der Waals surface area (Å²) in [5.74, 6) is -0.883. The number of aryl methyl sites for hydroxylation is 1. The van der Waals surface area contributed by atoms with Crippen molar-refractivity contribution >= 4 is 5.97 Å². The molecule has 0 aliphatic carbocycles. The van der Waals surface area contributed by atoms with Gasteiger partial charge in [-0.05, 0) is 24.5 Å². The highest BCUT2D eigenvalue weighted by atomic mass is 16.4. The highest BCUT2D eigenvalue weighted by Crippen LogP contribution is 2.18. The first kappa shape index (κ1) is 16.0. The molecule has 0 amide bonds. The smallest absolute Gasteiger partial charge is 0.303 e. The molecule has 116 valence electrons. The quantitative estimate of drug-likeness (QED) is 0.853. The topological polar surface area (TPSA) is 59.3 Å². The summed E-state index contributed by atoms with van der Waals surface area (Å²) in [6.07, 6.45) is 2.17.